The molecular formula is C9H4F3O. The number of hydrogen-bond acceptors (Lipinski definition) is 1. The predicted molar refractivity (Wildman–Crippen MR) is 39.2 cm³/mol. The van der Waals surface area contributed by atoms with Crippen LogP contribution in [0, 0.1) is 6.07 Å². The molecule has 4 heteroatoms. The lowest BCUT2D eigenvalue weighted by atomic mass is 10.3. The largest absolute Gasteiger partial charge is 0.464 e. The average Bonchev–Trinajstić information content (AvgIpc) is 2.45. The maximum atomic E-state index is 12.2. The fraction of sp³-hybridized carbons (Fsp3) is 0.111. The first-order valence-corrected chi connectivity index (χ1v) is 3.54. The van der Waals surface area contributed by atoms with Crippen LogP contribution in [-0.2, 0) is 6.18 Å². The summed E-state index contributed by atoms with van der Waals surface area (Å²) in [6, 6.07) is 6.24. The molecule has 13 heavy (non-hydrogen) atoms. The summed E-state index contributed by atoms with van der Waals surface area (Å²) in [5.41, 5.74) is -0.382. The minimum Gasteiger partial charge on any atom is -0.464 e. The lowest BCUT2D eigenvalue weighted by Gasteiger charge is -1.99. The molecule has 0 atom stereocenters. The second-order valence-corrected chi connectivity index (χ2v) is 2.58. The van der Waals surface area contributed by atoms with Crippen molar-refractivity contribution in [2.75, 3.05) is 0 Å². The highest BCUT2D eigenvalue weighted by molar-refractivity contribution is 5.62. The van der Waals surface area contributed by atoms with Crippen LogP contribution in [0.25, 0.3) is 11.3 Å². The van der Waals surface area contributed by atoms with Gasteiger partial charge in [-0.05, 0) is 18.2 Å². The number of halogens is 3. The van der Waals surface area contributed by atoms with Crippen LogP contribution in [0.2, 0.25) is 0 Å². The Bertz CT molecular complexity index is 358. The summed E-state index contributed by atoms with van der Waals surface area (Å²) in [6.07, 6.45) is -3.03. The maximum Gasteiger partial charge on any atom is 0.417 e. The van der Waals surface area contributed by atoms with Crippen molar-refractivity contribution in [3.8, 4) is 11.3 Å². The predicted octanol–water partition coefficient (Wildman–Crippen LogP) is 3.20. The fourth-order valence-corrected chi connectivity index (χ4v) is 1.08. The van der Waals surface area contributed by atoms with Crippen molar-refractivity contribution in [2.24, 2.45) is 0 Å². The van der Waals surface area contributed by atoms with E-state index in [1.54, 1.807) is 6.07 Å². The lowest BCUT2D eigenvalue weighted by molar-refractivity contribution is -0.137. The molecule has 0 N–H and O–H groups in total. The zero-order valence-electron chi connectivity index (χ0n) is 6.35. The standard InChI is InChI=1S/C9H4F3O/c10-9(11,12)7-4-6-2-1-3-13-8(6)5-7/h1-4H. The summed E-state index contributed by atoms with van der Waals surface area (Å²) in [7, 11) is 0. The minimum absolute atomic E-state index is 0.134. The van der Waals surface area contributed by atoms with Crippen LogP contribution in [0.1, 0.15) is 5.56 Å². The molecular weight excluding hydrogens is 181 g/mol. The van der Waals surface area contributed by atoms with E-state index in [1.165, 1.54) is 12.3 Å². The van der Waals surface area contributed by atoms with E-state index >= 15 is 0 Å². The van der Waals surface area contributed by atoms with Gasteiger partial charge in [-0.3, -0.25) is 0 Å². The van der Waals surface area contributed by atoms with Gasteiger partial charge in [0.15, 0.2) is 0 Å². The van der Waals surface area contributed by atoms with Crippen LogP contribution < -0.4 is 0 Å². The molecule has 0 bridgehead atoms. The molecule has 2 rings (SSSR count). The summed E-state index contributed by atoms with van der Waals surface area (Å²) in [5, 5.41) is 0. The van der Waals surface area contributed by atoms with Gasteiger partial charge in [-0.2, -0.15) is 13.2 Å². The molecule has 0 aromatic rings. The van der Waals surface area contributed by atoms with Crippen molar-refractivity contribution in [3.05, 3.63) is 36.1 Å². The molecule has 0 fully saturated rings. The van der Waals surface area contributed by atoms with Crippen LogP contribution in [0.3, 0.4) is 0 Å². The van der Waals surface area contributed by atoms with E-state index in [0.29, 0.717) is 5.56 Å². The monoisotopic (exact) mass is 185 g/mol. The Hall–Kier alpha value is -1.45. The molecule has 1 nitrogen and oxygen atoms in total. The Morgan fingerprint density at radius 1 is 1.31 bits per heavy atom. The van der Waals surface area contributed by atoms with Crippen molar-refractivity contribution in [3.63, 3.8) is 0 Å². The lowest BCUT2D eigenvalue weighted by Crippen LogP contribution is -2.01. The molecule has 0 aromatic carbocycles. The Labute approximate surface area is 72.1 Å². The molecule has 1 heterocycles. The number of hydrogen-bond donors (Lipinski definition) is 0. The summed E-state index contributed by atoms with van der Waals surface area (Å²) in [4.78, 5) is 0. The van der Waals surface area contributed by atoms with Gasteiger partial charge < -0.3 is 4.42 Å². The number of alkyl halides is 3. The molecule has 67 valence electrons. The first-order chi connectivity index (χ1) is 6.07. The molecule has 1 radical (unpaired) electrons. The highest BCUT2D eigenvalue weighted by atomic mass is 19.4. The van der Waals surface area contributed by atoms with Gasteiger partial charge in [0.1, 0.15) is 5.76 Å². The van der Waals surface area contributed by atoms with Gasteiger partial charge in [-0.1, -0.05) is 0 Å². The normalized spacial score (nSPS) is 12.2. The summed E-state index contributed by atoms with van der Waals surface area (Å²) >= 11 is 0. The van der Waals surface area contributed by atoms with Crippen LogP contribution in [0.4, 0.5) is 13.2 Å². The van der Waals surface area contributed by atoms with Gasteiger partial charge in [0.05, 0.1) is 11.8 Å². The van der Waals surface area contributed by atoms with E-state index in [0.717, 1.165) is 6.07 Å². The zero-order chi connectivity index (χ0) is 9.47. The smallest absolute Gasteiger partial charge is 0.417 e. The average molecular weight is 185 g/mol. The fourth-order valence-electron chi connectivity index (χ4n) is 1.08. The summed E-state index contributed by atoms with van der Waals surface area (Å²) in [5.74, 6) is 0.134. The summed E-state index contributed by atoms with van der Waals surface area (Å²) < 4.78 is 41.3. The van der Waals surface area contributed by atoms with Gasteiger partial charge in [0, 0.05) is 11.6 Å². The van der Waals surface area contributed by atoms with Gasteiger partial charge in [-0.15, -0.1) is 0 Å². The Kier molecular flexibility index (Phi) is 1.58. The Balaban J connectivity index is 2.58. The molecule has 2 aliphatic rings. The van der Waals surface area contributed by atoms with E-state index in [2.05, 4.69) is 6.07 Å². The zero-order valence-corrected chi connectivity index (χ0v) is 6.35. The molecule has 0 saturated carbocycles. The van der Waals surface area contributed by atoms with Crippen molar-refractivity contribution < 1.29 is 17.6 Å². The second kappa shape index (κ2) is 2.52. The maximum absolute atomic E-state index is 12.2. The van der Waals surface area contributed by atoms with Crippen LogP contribution in [-0.4, -0.2) is 0 Å². The minimum atomic E-state index is -4.35. The quantitative estimate of drug-likeness (QED) is 0.614. The SMILES string of the molecule is FC(F)(F)c1[c]c2occcc-2c1. The van der Waals surface area contributed by atoms with Crippen LogP contribution in [0.5, 0.6) is 0 Å². The van der Waals surface area contributed by atoms with E-state index in [1.807, 2.05) is 0 Å². The van der Waals surface area contributed by atoms with Crippen LogP contribution in [0.15, 0.2) is 28.9 Å². The van der Waals surface area contributed by atoms with Gasteiger partial charge in [0.2, 0.25) is 0 Å². The van der Waals surface area contributed by atoms with E-state index < -0.39 is 11.7 Å². The molecule has 1 aliphatic carbocycles. The Morgan fingerprint density at radius 3 is 2.69 bits per heavy atom. The number of rotatable bonds is 0. The van der Waals surface area contributed by atoms with E-state index in [-0.39, 0.29) is 5.76 Å². The van der Waals surface area contributed by atoms with Gasteiger partial charge in [0.25, 0.3) is 0 Å². The topological polar surface area (TPSA) is 13.1 Å². The molecule has 0 aromatic heterocycles. The van der Waals surface area contributed by atoms with Crippen molar-refractivity contribution in [1.29, 1.82) is 0 Å². The van der Waals surface area contributed by atoms with Crippen molar-refractivity contribution in [2.45, 2.75) is 6.18 Å². The molecule has 1 aliphatic heterocycles. The van der Waals surface area contributed by atoms with E-state index in [4.69, 9.17) is 4.42 Å². The van der Waals surface area contributed by atoms with Gasteiger partial charge >= 0.3 is 6.18 Å². The molecule has 0 amide bonds. The van der Waals surface area contributed by atoms with E-state index in [9.17, 15) is 13.2 Å². The highest BCUT2D eigenvalue weighted by Gasteiger charge is 2.33. The van der Waals surface area contributed by atoms with Gasteiger partial charge in [-0.25, -0.2) is 0 Å². The first kappa shape index (κ1) is 8.16. The second-order valence-electron chi connectivity index (χ2n) is 2.58. The highest BCUT2D eigenvalue weighted by Crippen LogP contribution is 2.35. The molecule has 0 spiro atoms. The third-order valence-electron chi connectivity index (χ3n) is 1.66. The third kappa shape index (κ3) is 1.39. The Morgan fingerprint density at radius 2 is 2.08 bits per heavy atom. The number of fused-ring (bicyclic) bond motifs is 1. The molecule has 0 saturated heterocycles. The third-order valence-corrected chi connectivity index (χ3v) is 1.66. The van der Waals surface area contributed by atoms with Crippen molar-refractivity contribution in [1.82, 2.24) is 0 Å². The molecule has 0 unspecified atom stereocenters. The first-order valence-electron chi connectivity index (χ1n) is 3.54. The van der Waals surface area contributed by atoms with Crippen LogP contribution >= 0.6 is 0 Å². The summed E-state index contributed by atoms with van der Waals surface area (Å²) in [6.45, 7) is 0. The van der Waals surface area contributed by atoms with Crippen molar-refractivity contribution >= 4 is 0 Å².